The molecule has 7 heteroatoms. The molecule has 0 aromatic heterocycles. The number of hydrogen-bond acceptors (Lipinski definition) is 4. The topological polar surface area (TPSA) is 67.9 Å². The lowest BCUT2D eigenvalue weighted by molar-refractivity contribution is -0.143. The van der Waals surface area contributed by atoms with Crippen LogP contribution in [-0.4, -0.2) is 30.4 Å². The van der Waals surface area contributed by atoms with Gasteiger partial charge in [-0.25, -0.2) is 0 Å². The van der Waals surface area contributed by atoms with Gasteiger partial charge >= 0.3 is 0 Å². The van der Waals surface area contributed by atoms with Crippen LogP contribution in [0.5, 0.6) is 11.5 Å². The molecule has 2 amide bonds. The molecule has 0 bridgehead atoms. The molecular formula is C31H29ClN2O4. The first kappa shape index (κ1) is 26.8. The van der Waals surface area contributed by atoms with Gasteiger partial charge in [-0.15, -0.1) is 0 Å². The quantitative estimate of drug-likeness (QED) is 0.266. The highest BCUT2D eigenvalue weighted by Gasteiger charge is 2.31. The molecule has 1 atom stereocenters. The van der Waals surface area contributed by atoms with Crippen LogP contribution < -0.4 is 14.8 Å². The van der Waals surface area contributed by atoms with E-state index in [1.807, 2.05) is 84.9 Å². The van der Waals surface area contributed by atoms with Crippen molar-refractivity contribution in [2.45, 2.75) is 19.1 Å². The molecule has 4 rings (SSSR count). The minimum Gasteiger partial charge on any atom is -0.497 e. The average Bonchev–Trinajstić information content (AvgIpc) is 2.96. The fourth-order valence-electron chi connectivity index (χ4n) is 4.03. The summed E-state index contributed by atoms with van der Waals surface area (Å²) in [7, 11) is 1.61. The zero-order valence-electron chi connectivity index (χ0n) is 21.0. The van der Waals surface area contributed by atoms with Gasteiger partial charge in [0.15, 0.2) is 6.61 Å². The molecule has 0 aliphatic carbocycles. The van der Waals surface area contributed by atoms with E-state index in [0.29, 0.717) is 22.9 Å². The van der Waals surface area contributed by atoms with E-state index < -0.39 is 6.04 Å². The van der Waals surface area contributed by atoms with Crippen molar-refractivity contribution in [3.63, 3.8) is 0 Å². The first-order valence-corrected chi connectivity index (χ1v) is 12.6. The van der Waals surface area contributed by atoms with Crippen molar-refractivity contribution < 1.29 is 19.1 Å². The number of para-hydroxylation sites is 1. The highest BCUT2D eigenvalue weighted by molar-refractivity contribution is 6.32. The van der Waals surface area contributed by atoms with Gasteiger partial charge in [0.1, 0.15) is 17.5 Å². The molecule has 6 nitrogen and oxygen atoms in total. The molecule has 0 saturated carbocycles. The van der Waals surface area contributed by atoms with Gasteiger partial charge in [-0.1, -0.05) is 96.5 Å². The van der Waals surface area contributed by atoms with Crippen molar-refractivity contribution in [3.05, 3.63) is 131 Å². The first-order valence-electron chi connectivity index (χ1n) is 12.2. The third-order valence-electron chi connectivity index (χ3n) is 6.01. The normalized spacial score (nSPS) is 11.3. The SMILES string of the molecule is COc1ccc(CNC(=O)C(c2ccccc2)N(Cc2ccccc2)C(=O)COc2ccccc2Cl)cc1. The van der Waals surface area contributed by atoms with Crippen molar-refractivity contribution >= 4 is 23.4 Å². The maximum atomic E-state index is 13.7. The highest BCUT2D eigenvalue weighted by Crippen LogP contribution is 2.26. The number of halogens is 1. The van der Waals surface area contributed by atoms with E-state index in [1.165, 1.54) is 0 Å². The summed E-state index contributed by atoms with van der Waals surface area (Å²) in [6.45, 7) is 0.252. The summed E-state index contributed by atoms with van der Waals surface area (Å²) >= 11 is 6.22. The second kappa shape index (κ2) is 13.3. The number of rotatable bonds is 11. The van der Waals surface area contributed by atoms with Gasteiger partial charge in [0.2, 0.25) is 5.91 Å². The monoisotopic (exact) mass is 528 g/mol. The number of hydrogen-bond donors (Lipinski definition) is 1. The number of carbonyl (C=O) groups excluding carboxylic acids is 2. The Balaban J connectivity index is 1.61. The van der Waals surface area contributed by atoms with E-state index in [4.69, 9.17) is 21.1 Å². The van der Waals surface area contributed by atoms with Crippen molar-refractivity contribution in [3.8, 4) is 11.5 Å². The Hall–Kier alpha value is -4.29. The average molecular weight is 529 g/mol. The largest absolute Gasteiger partial charge is 0.497 e. The van der Waals surface area contributed by atoms with Crippen LogP contribution in [0, 0.1) is 0 Å². The van der Waals surface area contributed by atoms with E-state index in [-0.39, 0.29) is 25.0 Å². The predicted octanol–water partition coefficient (Wildman–Crippen LogP) is 5.81. The lowest BCUT2D eigenvalue weighted by Crippen LogP contribution is -2.45. The van der Waals surface area contributed by atoms with Crippen LogP contribution in [0.4, 0.5) is 0 Å². The molecule has 0 spiro atoms. The summed E-state index contributed by atoms with van der Waals surface area (Å²) in [4.78, 5) is 28.9. The number of amides is 2. The van der Waals surface area contributed by atoms with Crippen LogP contribution in [0.25, 0.3) is 0 Å². The van der Waals surface area contributed by atoms with Gasteiger partial charge in [0, 0.05) is 13.1 Å². The lowest BCUT2D eigenvalue weighted by Gasteiger charge is -2.31. The Morgan fingerprint density at radius 3 is 2.11 bits per heavy atom. The molecule has 0 saturated heterocycles. The maximum absolute atomic E-state index is 13.7. The second-order valence-electron chi connectivity index (χ2n) is 8.61. The molecule has 4 aromatic carbocycles. The minimum atomic E-state index is -0.878. The van der Waals surface area contributed by atoms with E-state index >= 15 is 0 Å². The summed E-state index contributed by atoms with van der Waals surface area (Å²) in [5, 5.41) is 3.41. The van der Waals surface area contributed by atoms with Crippen LogP contribution in [0.1, 0.15) is 22.7 Å². The van der Waals surface area contributed by atoms with Gasteiger partial charge in [-0.3, -0.25) is 9.59 Å². The number of benzene rings is 4. The first-order chi connectivity index (χ1) is 18.5. The van der Waals surface area contributed by atoms with E-state index in [2.05, 4.69) is 5.32 Å². The third-order valence-corrected chi connectivity index (χ3v) is 6.32. The van der Waals surface area contributed by atoms with Gasteiger partial charge in [0.25, 0.3) is 5.91 Å². The minimum absolute atomic E-state index is 0.223. The van der Waals surface area contributed by atoms with Crippen LogP contribution in [-0.2, 0) is 22.7 Å². The number of nitrogens with zero attached hydrogens (tertiary/aromatic N) is 1. The highest BCUT2D eigenvalue weighted by atomic mass is 35.5. The molecule has 38 heavy (non-hydrogen) atoms. The summed E-state index contributed by atoms with van der Waals surface area (Å²) in [5.41, 5.74) is 2.50. The van der Waals surface area contributed by atoms with Gasteiger partial charge in [0.05, 0.1) is 12.1 Å². The van der Waals surface area contributed by atoms with Gasteiger partial charge in [-0.05, 0) is 41.0 Å². The van der Waals surface area contributed by atoms with Crippen LogP contribution in [0.15, 0.2) is 109 Å². The third kappa shape index (κ3) is 7.14. The lowest BCUT2D eigenvalue weighted by atomic mass is 10.0. The van der Waals surface area contributed by atoms with Crippen molar-refractivity contribution in [2.24, 2.45) is 0 Å². The molecule has 1 unspecified atom stereocenters. The molecule has 0 heterocycles. The van der Waals surface area contributed by atoms with Crippen LogP contribution >= 0.6 is 11.6 Å². The fraction of sp³-hybridized carbons (Fsp3) is 0.161. The van der Waals surface area contributed by atoms with E-state index in [1.54, 1.807) is 36.3 Å². The van der Waals surface area contributed by atoms with Gasteiger partial charge < -0.3 is 19.7 Å². The zero-order valence-corrected chi connectivity index (χ0v) is 21.8. The zero-order chi connectivity index (χ0) is 26.7. The number of carbonyl (C=O) groups is 2. The second-order valence-corrected chi connectivity index (χ2v) is 9.01. The summed E-state index contributed by atoms with van der Waals surface area (Å²) in [5.74, 6) is 0.499. The van der Waals surface area contributed by atoms with Crippen molar-refractivity contribution in [1.29, 1.82) is 0 Å². The number of methoxy groups -OCH3 is 1. The Bertz CT molecular complexity index is 1330. The van der Waals surface area contributed by atoms with Crippen LogP contribution in [0.2, 0.25) is 5.02 Å². The van der Waals surface area contributed by atoms with E-state index in [0.717, 1.165) is 16.9 Å². The van der Waals surface area contributed by atoms with Crippen molar-refractivity contribution in [1.82, 2.24) is 10.2 Å². The smallest absolute Gasteiger partial charge is 0.261 e. The number of nitrogens with one attached hydrogen (secondary N) is 1. The van der Waals surface area contributed by atoms with E-state index in [9.17, 15) is 9.59 Å². The molecular weight excluding hydrogens is 500 g/mol. The Morgan fingerprint density at radius 1 is 0.816 bits per heavy atom. The molecule has 0 aliphatic heterocycles. The fourth-order valence-corrected chi connectivity index (χ4v) is 4.22. The molecule has 0 aliphatic rings. The molecule has 4 aromatic rings. The number of ether oxygens (including phenoxy) is 2. The van der Waals surface area contributed by atoms with Gasteiger partial charge in [-0.2, -0.15) is 0 Å². The standard InChI is InChI=1S/C31H29ClN2O4/c1-37-26-18-16-23(17-19-26)20-33-31(36)30(25-12-6-3-7-13-25)34(21-24-10-4-2-5-11-24)29(35)22-38-28-15-9-8-14-27(28)32/h2-19,30H,20-22H2,1H3,(H,33,36). The summed E-state index contributed by atoms with van der Waals surface area (Å²) in [6, 6.07) is 32.4. The summed E-state index contributed by atoms with van der Waals surface area (Å²) in [6.07, 6.45) is 0. The molecule has 194 valence electrons. The molecule has 0 fully saturated rings. The molecule has 1 N–H and O–H groups in total. The predicted molar refractivity (Wildman–Crippen MR) is 148 cm³/mol. The summed E-state index contributed by atoms with van der Waals surface area (Å²) < 4.78 is 11.0. The Kier molecular flexibility index (Phi) is 9.37. The maximum Gasteiger partial charge on any atom is 0.261 e. The molecule has 0 radical (unpaired) electrons. The Morgan fingerprint density at radius 2 is 1.45 bits per heavy atom. The van der Waals surface area contributed by atoms with Crippen molar-refractivity contribution in [2.75, 3.05) is 13.7 Å². The van der Waals surface area contributed by atoms with Crippen LogP contribution in [0.3, 0.4) is 0 Å². The Labute approximate surface area is 227 Å².